The number of nitrogens with zero attached hydrogens (tertiary/aromatic N) is 3. The molecule has 0 radical (unpaired) electrons. The van der Waals surface area contributed by atoms with Gasteiger partial charge in [-0.15, -0.1) is 0 Å². The molecule has 1 aliphatic rings. The van der Waals surface area contributed by atoms with E-state index in [0.29, 0.717) is 42.9 Å². The van der Waals surface area contributed by atoms with Crippen molar-refractivity contribution in [2.75, 3.05) is 13.1 Å². The Kier molecular flexibility index (Phi) is 5.63. The highest BCUT2D eigenvalue weighted by atomic mass is 16.4. The highest BCUT2D eigenvalue weighted by Gasteiger charge is 2.29. The predicted molar refractivity (Wildman–Crippen MR) is 104 cm³/mol. The summed E-state index contributed by atoms with van der Waals surface area (Å²) in [4.78, 5) is 37.6. The van der Waals surface area contributed by atoms with E-state index in [2.05, 4.69) is 5.10 Å². The van der Waals surface area contributed by atoms with E-state index in [-0.39, 0.29) is 17.6 Å². The van der Waals surface area contributed by atoms with Crippen LogP contribution in [0.15, 0.2) is 24.3 Å². The Hall–Kier alpha value is -2.96. The van der Waals surface area contributed by atoms with Gasteiger partial charge >= 0.3 is 5.97 Å². The van der Waals surface area contributed by atoms with E-state index in [9.17, 15) is 19.5 Å². The van der Waals surface area contributed by atoms with Crippen LogP contribution in [0.25, 0.3) is 0 Å². The molecule has 1 aliphatic heterocycles. The van der Waals surface area contributed by atoms with Crippen LogP contribution < -0.4 is 0 Å². The molecule has 7 nitrogen and oxygen atoms in total. The van der Waals surface area contributed by atoms with Gasteiger partial charge in [0, 0.05) is 37.7 Å². The number of aromatic carboxylic acids is 1. The lowest BCUT2D eigenvalue weighted by atomic mass is 9.93. The number of carboxylic acid groups (broad SMARTS) is 1. The smallest absolute Gasteiger partial charge is 0.335 e. The number of hydrogen-bond acceptors (Lipinski definition) is 4. The summed E-state index contributed by atoms with van der Waals surface area (Å²) in [6, 6.07) is 7.00. The van der Waals surface area contributed by atoms with Crippen LogP contribution in [0.1, 0.15) is 63.4 Å². The molecule has 1 aromatic heterocycles. The SMILES string of the molecule is CC(=O)c1c(C)nn(CCC(=O)N2CCC(c3ccccc3C(=O)O)C2)c1C. The fourth-order valence-corrected chi connectivity index (χ4v) is 4.07. The van der Waals surface area contributed by atoms with Crippen LogP contribution in [0.4, 0.5) is 0 Å². The van der Waals surface area contributed by atoms with Gasteiger partial charge in [0.25, 0.3) is 0 Å². The van der Waals surface area contributed by atoms with E-state index in [1.54, 1.807) is 28.6 Å². The Balaban J connectivity index is 1.64. The van der Waals surface area contributed by atoms with Crippen molar-refractivity contribution in [2.45, 2.75) is 46.1 Å². The molecule has 2 heterocycles. The summed E-state index contributed by atoms with van der Waals surface area (Å²) >= 11 is 0. The summed E-state index contributed by atoms with van der Waals surface area (Å²) in [7, 11) is 0. The van der Waals surface area contributed by atoms with Crippen LogP contribution in [-0.4, -0.2) is 50.5 Å². The van der Waals surface area contributed by atoms with E-state index in [1.165, 1.54) is 6.92 Å². The summed E-state index contributed by atoms with van der Waals surface area (Å²) in [5.41, 5.74) is 3.19. The Morgan fingerprint density at radius 2 is 1.93 bits per heavy atom. The molecule has 2 aromatic rings. The molecule has 1 unspecified atom stereocenters. The van der Waals surface area contributed by atoms with Gasteiger partial charge in [0.05, 0.1) is 16.8 Å². The van der Waals surface area contributed by atoms with Crippen molar-refractivity contribution in [3.63, 3.8) is 0 Å². The van der Waals surface area contributed by atoms with Gasteiger partial charge in [-0.05, 0) is 38.8 Å². The number of rotatable bonds is 6. The second kappa shape index (κ2) is 7.96. The van der Waals surface area contributed by atoms with Gasteiger partial charge in [-0.3, -0.25) is 14.3 Å². The first-order valence-electron chi connectivity index (χ1n) is 9.44. The van der Waals surface area contributed by atoms with Gasteiger partial charge in [0.15, 0.2) is 5.78 Å². The highest BCUT2D eigenvalue weighted by molar-refractivity contribution is 5.96. The van der Waals surface area contributed by atoms with Gasteiger partial charge in [0.2, 0.25) is 5.91 Å². The largest absolute Gasteiger partial charge is 0.478 e. The third-order valence-electron chi connectivity index (χ3n) is 5.44. The van der Waals surface area contributed by atoms with Gasteiger partial charge in [-0.25, -0.2) is 4.79 Å². The molecule has 1 amide bonds. The van der Waals surface area contributed by atoms with Crippen molar-refractivity contribution in [1.29, 1.82) is 0 Å². The maximum absolute atomic E-state index is 12.7. The molecule has 1 N–H and O–H groups in total. The Labute approximate surface area is 164 Å². The van der Waals surface area contributed by atoms with Crippen LogP contribution in [0.2, 0.25) is 0 Å². The first-order valence-corrected chi connectivity index (χ1v) is 9.44. The van der Waals surface area contributed by atoms with Crippen LogP contribution >= 0.6 is 0 Å². The van der Waals surface area contributed by atoms with E-state index >= 15 is 0 Å². The average Bonchev–Trinajstić information content (AvgIpc) is 3.24. The van der Waals surface area contributed by atoms with Crippen molar-refractivity contribution in [1.82, 2.24) is 14.7 Å². The lowest BCUT2D eigenvalue weighted by Crippen LogP contribution is -2.29. The Morgan fingerprint density at radius 1 is 1.21 bits per heavy atom. The summed E-state index contributed by atoms with van der Waals surface area (Å²) in [5.74, 6) is -0.903. The molecule has 148 valence electrons. The van der Waals surface area contributed by atoms with E-state index < -0.39 is 5.97 Å². The lowest BCUT2D eigenvalue weighted by Gasteiger charge is -2.18. The molecule has 7 heteroatoms. The van der Waals surface area contributed by atoms with Crippen molar-refractivity contribution in [2.24, 2.45) is 0 Å². The van der Waals surface area contributed by atoms with Crippen LogP contribution in [-0.2, 0) is 11.3 Å². The van der Waals surface area contributed by atoms with Gasteiger partial charge in [0.1, 0.15) is 0 Å². The molecule has 0 bridgehead atoms. The highest BCUT2D eigenvalue weighted by Crippen LogP contribution is 2.30. The van der Waals surface area contributed by atoms with Crippen molar-refractivity contribution in [3.8, 4) is 0 Å². The second-order valence-corrected chi connectivity index (χ2v) is 7.29. The maximum atomic E-state index is 12.7. The zero-order valence-corrected chi connectivity index (χ0v) is 16.4. The van der Waals surface area contributed by atoms with Gasteiger partial charge in [-0.2, -0.15) is 5.10 Å². The van der Waals surface area contributed by atoms with E-state index in [1.807, 2.05) is 19.1 Å². The summed E-state index contributed by atoms with van der Waals surface area (Å²) in [5, 5.41) is 13.8. The van der Waals surface area contributed by atoms with Crippen LogP contribution in [0, 0.1) is 13.8 Å². The van der Waals surface area contributed by atoms with Gasteiger partial charge < -0.3 is 10.0 Å². The standard InChI is InChI=1S/C21H25N3O4/c1-13-20(15(3)25)14(2)24(22-13)11-9-19(26)23-10-8-16(12-23)17-6-4-5-7-18(17)21(27)28/h4-7,16H,8-12H2,1-3H3,(H,27,28). The number of benzene rings is 1. The average molecular weight is 383 g/mol. The topological polar surface area (TPSA) is 92.5 Å². The predicted octanol–water partition coefficient (Wildman–Crippen LogP) is 2.81. The second-order valence-electron chi connectivity index (χ2n) is 7.29. The van der Waals surface area contributed by atoms with Crippen molar-refractivity contribution in [3.05, 3.63) is 52.3 Å². The fourth-order valence-electron chi connectivity index (χ4n) is 4.07. The molecular formula is C21H25N3O4. The maximum Gasteiger partial charge on any atom is 0.335 e. The van der Waals surface area contributed by atoms with Crippen LogP contribution in [0.5, 0.6) is 0 Å². The van der Waals surface area contributed by atoms with Crippen LogP contribution in [0.3, 0.4) is 0 Å². The summed E-state index contributed by atoms with van der Waals surface area (Å²) in [6.45, 7) is 6.73. The minimum absolute atomic E-state index is 0.0206. The minimum atomic E-state index is -0.939. The van der Waals surface area contributed by atoms with E-state index in [4.69, 9.17) is 0 Å². The Morgan fingerprint density at radius 3 is 2.57 bits per heavy atom. The van der Waals surface area contributed by atoms with Gasteiger partial charge in [-0.1, -0.05) is 18.2 Å². The molecule has 1 atom stereocenters. The summed E-state index contributed by atoms with van der Waals surface area (Å²) < 4.78 is 1.72. The first kappa shape index (κ1) is 19.8. The molecule has 0 aliphatic carbocycles. The third kappa shape index (κ3) is 3.83. The first-order chi connectivity index (χ1) is 13.3. The minimum Gasteiger partial charge on any atom is -0.478 e. The molecule has 28 heavy (non-hydrogen) atoms. The number of Topliss-reactive ketones (excluding diaryl/α,β-unsaturated/α-hetero) is 1. The fraction of sp³-hybridized carbons (Fsp3) is 0.429. The third-order valence-corrected chi connectivity index (χ3v) is 5.44. The molecule has 1 saturated heterocycles. The van der Waals surface area contributed by atoms with Crippen molar-refractivity contribution >= 4 is 17.7 Å². The number of hydrogen-bond donors (Lipinski definition) is 1. The number of carboxylic acids is 1. The zero-order valence-electron chi connectivity index (χ0n) is 16.4. The Bertz CT molecular complexity index is 932. The quantitative estimate of drug-likeness (QED) is 0.775. The molecule has 0 spiro atoms. The zero-order chi connectivity index (χ0) is 20.4. The molecule has 1 aromatic carbocycles. The number of amides is 1. The van der Waals surface area contributed by atoms with E-state index in [0.717, 1.165) is 17.7 Å². The monoisotopic (exact) mass is 383 g/mol. The van der Waals surface area contributed by atoms with Crippen molar-refractivity contribution < 1.29 is 19.5 Å². The number of aryl methyl sites for hydroxylation is 2. The number of ketones is 1. The molecule has 3 rings (SSSR count). The molecular weight excluding hydrogens is 358 g/mol. The molecule has 1 fully saturated rings. The number of likely N-dealkylation sites (tertiary alicyclic amines) is 1. The molecule has 0 saturated carbocycles. The number of carbonyl (C=O) groups is 3. The normalized spacial score (nSPS) is 16.4. The number of aromatic nitrogens is 2. The summed E-state index contributed by atoms with van der Waals surface area (Å²) in [6.07, 6.45) is 1.05. The lowest BCUT2D eigenvalue weighted by molar-refractivity contribution is -0.130. The number of carbonyl (C=O) groups excluding carboxylic acids is 2.